The average Bonchev–Trinajstić information content (AvgIpc) is 2.64. The van der Waals surface area contributed by atoms with Crippen LogP contribution in [0.5, 0.6) is 0 Å². The summed E-state index contributed by atoms with van der Waals surface area (Å²) in [5, 5.41) is 9.84. The third kappa shape index (κ3) is 2.25. The van der Waals surface area contributed by atoms with E-state index in [1.807, 2.05) is 13.0 Å². The van der Waals surface area contributed by atoms with E-state index in [0.29, 0.717) is 15.5 Å². The van der Waals surface area contributed by atoms with E-state index in [1.54, 1.807) is 12.1 Å². The molecular weight excluding hydrogens is 260 g/mol. The number of aromatic carboxylic acids is 1. The minimum Gasteiger partial charge on any atom is -0.476 e. The minimum absolute atomic E-state index is 0.0348. The molecule has 1 heterocycles. The zero-order valence-electron chi connectivity index (χ0n) is 8.90. The van der Waals surface area contributed by atoms with Gasteiger partial charge in [0, 0.05) is 5.02 Å². The fourth-order valence-electron chi connectivity index (χ4n) is 1.41. The molecule has 0 aliphatic carbocycles. The molecule has 1 aromatic heterocycles. The molecule has 0 radical (unpaired) electrons. The lowest BCUT2D eigenvalue weighted by Gasteiger charge is -2.02. The molecule has 4 nitrogen and oxygen atoms in total. The Kier molecular flexibility index (Phi) is 3.04. The third-order valence-electron chi connectivity index (χ3n) is 2.28. The molecule has 0 aliphatic rings. The molecule has 88 valence electrons. The van der Waals surface area contributed by atoms with Crippen molar-refractivity contribution in [3.8, 4) is 10.4 Å². The zero-order chi connectivity index (χ0) is 12.6. The molecule has 0 amide bonds. The van der Waals surface area contributed by atoms with Crippen molar-refractivity contribution < 1.29 is 9.90 Å². The summed E-state index contributed by atoms with van der Waals surface area (Å²) in [4.78, 5) is 15.3. The van der Waals surface area contributed by atoms with Crippen LogP contribution < -0.4 is 5.73 Å². The summed E-state index contributed by atoms with van der Waals surface area (Å²) < 4.78 is 0. The topological polar surface area (TPSA) is 76.2 Å². The van der Waals surface area contributed by atoms with Crippen molar-refractivity contribution in [1.82, 2.24) is 4.98 Å². The van der Waals surface area contributed by atoms with Crippen molar-refractivity contribution in [2.75, 3.05) is 5.73 Å². The van der Waals surface area contributed by atoms with Crippen LogP contribution in [0, 0.1) is 6.92 Å². The van der Waals surface area contributed by atoms with Crippen LogP contribution in [0.25, 0.3) is 10.4 Å². The standard InChI is InChI=1S/C11H9ClN2O2S/c1-5-2-3-6(4-7(5)12)9-8(10(15)16)14-11(13)17-9/h2-4H,1H3,(H2,13,14)(H,15,16). The number of rotatable bonds is 2. The molecule has 3 N–H and O–H groups in total. The van der Waals surface area contributed by atoms with E-state index in [1.165, 1.54) is 0 Å². The van der Waals surface area contributed by atoms with Gasteiger partial charge in [-0.15, -0.1) is 0 Å². The lowest BCUT2D eigenvalue weighted by molar-refractivity contribution is 0.0692. The first kappa shape index (κ1) is 11.9. The summed E-state index contributed by atoms with van der Waals surface area (Å²) in [7, 11) is 0. The van der Waals surface area contributed by atoms with Crippen LogP contribution in [0.4, 0.5) is 5.13 Å². The molecule has 0 saturated heterocycles. The summed E-state index contributed by atoms with van der Waals surface area (Å²) in [5.41, 5.74) is 7.15. The number of halogens is 1. The van der Waals surface area contributed by atoms with Crippen molar-refractivity contribution >= 4 is 34.0 Å². The first-order chi connectivity index (χ1) is 7.99. The second-order valence-electron chi connectivity index (χ2n) is 3.50. The van der Waals surface area contributed by atoms with Gasteiger partial charge in [0.05, 0.1) is 4.88 Å². The lowest BCUT2D eigenvalue weighted by Crippen LogP contribution is -1.99. The van der Waals surface area contributed by atoms with E-state index in [9.17, 15) is 4.79 Å². The number of aryl methyl sites for hydroxylation is 1. The first-order valence-corrected chi connectivity index (χ1v) is 5.94. The van der Waals surface area contributed by atoms with Gasteiger partial charge in [0.15, 0.2) is 10.8 Å². The van der Waals surface area contributed by atoms with Gasteiger partial charge in [-0.1, -0.05) is 35.1 Å². The predicted molar refractivity (Wildman–Crippen MR) is 68.7 cm³/mol. The molecule has 2 aromatic rings. The van der Waals surface area contributed by atoms with Gasteiger partial charge in [0.25, 0.3) is 0 Å². The highest BCUT2D eigenvalue weighted by atomic mass is 35.5. The smallest absolute Gasteiger partial charge is 0.356 e. The number of benzene rings is 1. The molecule has 0 unspecified atom stereocenters. The van der Waals surface area contributed by atoms with Crippen LogP contribution in [0.3, 0.4) is 0 Å². The Hall–Kier alpha value is -1.59. The number of hydrogen-bond donors (Lipinski definition) is 2. The maximum absolute atomic E-state index is 11.0. The molecular formula is C11H9ClN2O2S. The molecule has 1 aromatic carbocycles. The van der Waals surface area contributed by atoms with Crippen molar-refractivity contribution in [2.45, 2.75) is 6.92 Å². The highest BCUT2D eigenvalue weighted by molar-refractivity contribution is 7.19. The van der Waals surface area contributed by atoms with Crippen molar-refractivity contribution in [1.29, 1.82) is 0 Å². The minimum atomic E-state index is -1.09. The predicted octanol–water partition coefficient (Wildman–Crippen LogP) is 3.05. The van der Waals surface area contributed by atoms with Crippen LogP contribution in [0.2, 0.25) is 5.02 Å². The van der Waals surface area contributed by atoms with Gasteiger partial charge in [-0.25, -0.2) is 9.78 Å². The first-order valence-electron chi connectivity index (χ1n) is 4.75. The summed E-state index contributed by atoms with van der Waals surface area (Å²) >= 11 is 7.15. The maximum Gasteiger partial charge on any atom is 0.356 e. The van der Waals surface area contributed by atoms with E-state index in [4.69, 9.17) is 22.4 Å². The number of carboxylic acid groups (broad SMARTS) is 1. The molecule has 2 rings (SSSR count). The molecule has 17 heavy (non-hydrogen) atoms. The summed E-state index contributed by atoms with van der Waals surface area (Å²) in [6.45, 7) is 1.88. The summed E-state index contributed by atoms with van der Waals surface area (Å²) in [6.07, 6.45) is 0. The van der Waals surface area contributed by atoms with Crippen LogP contribution in [0.1, 0.15) is 16.1 Å². The van der Waals surface area contributed by atoms with Gasteiger partial charge in [-0.3, -0.25) is 0 Å². The Morgan fingerprint density at radius 3 is 2.82 bits per heavy atom. The van der Waals surface area contributed by atoms with E-state index in [0.717, 1.165) is 16.9 Å². The van der Waals surface area contributed by atoms with Crippen molar-refractivity contribution in [2.24, 2.45) is 0 Å². The molecule has 0 spiro atoms. The van der Waals surface area contributed by atoms with Crippen LogP contribution >= 0.6 is 22.9 Å². The second kappa shape index (κ2) is 4.35. The normalized spacial score (nSPS) is 10.5. The Bertz CT molecular complexity index is 595. The number of nitrogens with two attached hydrogens (primary N) is 1. The van der Waals surface area contributed by atoms with Gasteiger partial charge >= 0.3 is 5.97 Å². The third-order valence-corrected chi connectivity index (χ3v) is 3.62. The summed E-state index contributed by atoms with van der Waals surface area (Å²) in [6, 6.07) is 5.36. The number of anilines is 1. The lowest BCUT2D eigenvalue weighted by atomic mass is 10.1. The van der Waals surface area contributed by atoms with E-state index < -0.39 is 5.97 Å². The Morgan fingerprint density at radius 1 is 1.53 bits per heavy atom. The quantitative estimate of drug-likeness (QED) is 0.878. The van der Waals surface area contributed by atoms with Crippen LogP contribution in [0.15, 0.2) is 18.2 Å². The number of hydrogen-bond acceptors (Lipinski definition) is 4. The average molecular weight is 269 g/mol. The van der Waals surface area contributed by atoms with Gasteiger partial charge in [-0.2, -0.15) is 0 Å². The fourth-order valence-corrected chi connectivity index (χ4v) is 2.41. The Morgan fingerprint density at radius 2 is 2.24 bits per heavy atom. The van der Waals surface area contributed by atoms with E-state index >= 15 is 0 Å². The second-order valence-corrected chi connectivity index (χ2v) is 4.94. The number of nitrogens with zero attached hydrogens (tertiary/aromatic N) is 1. The number of thiazole rings is 1. The molecule has 6 heteroatoms. The zero-order valence-corrected chi connectivity index (χ0v) is 10.5. The Balaban J connectivity index is 2.59. The fraction of sp³-hybridized carbons (Fsp3) is 0.0909. The highest BCUT2D eigenvalue weighted by Crippen LogP contribution is 2.33. The molecule has 0 aliphatic heterocycles. The number of carbonyl (C=O) groups is 1. The van der Waals surface area contributed by atoms with E-state index in [2.05, 4.69) is 4.98 Å². The van der Waals surface area contributed by atoms with Crippen LogP contribution in [-0.2, 0) is 0 Å². The van der Waals surface area contributed by atoms with Crippen molar-refractivity contribution in [3.05, 3.63) is 34.5 Å². The van der Waals surface area contributed by atoms with Gasteiger partial charge in [0.2, 0.25) is 0 Å². The van der Waals surface area contributed by atoms with Crippen LogP contribution in [-0.4, -0.2) is 16.1 Å². The molecule has 0 atom stereocenters. The van der Waals surface area contributed by atoms with Crippen molar-refractivity contribution in [3.63, 3.8) is 0 Å². The molecule has 0 saturated carbocycles. The highest BCUT2D eigenvalue weighted by Gasteiger charge is 2.18. The maximum atomic E-state index is 11.0. The number of nitrogen functional groups attached to an aromatic ring is 1. The SMILES string of the molecule is Cc1ccc(-c2sc(N)nc2C(=O)O)cc1Cl. The van der Waals surface area contributed by atoms with Gasteiger partial charge in [0.1, 0.15) is 0 Å². The number of aromatic nitrogens is 1. The van der Waals surface area contributed by atoms with E-state index in [-0.39, 0.29) is 10.8 Å². The van der Waals surface area contributed by atoms with Gasteiger partial charge < -0.3 is 10.8 Å². The monoisotopic (exact) mass is 268 g/mol. The van der Waals surface area contributed by atoms with Gasteiger partial charge in [-0.05, 0) is 24.1 Å². The Labute approximate surface area is 107 Å². The molecule has 0 fully saturated rings. The number of carboxylic acids is 1. The summed E-state index contributed by atoms with van der Waals surface area (Å²) in [5.74, 6) is -1.09. The largest absolute Gasteiger partial charge is 0.476 e. The molecule has 0 bridgehead atoms.